The number of halogens is 1. The molecule has 6 N–H and O–H groups in total. The Labute approximate surface area is 611 Å². The molecule has 0 spiro atoms. The number of carboxylic acid groups (broad SMARTS) is 1. The lowest BCUT2D eigenvalue weighted by Crippen LogP contribution is -2.23. The summed E-state index contributed by atoms with van der Waals surface area (Å²) >= 11 is 2.13. The normalized spacial score (nSPS) is 11.0. The van der Waals surface area contributed by atoms with E-state index < -0.39 is 46.2 Å². The second-order valence-electron chi connectivity index (χ2n) is 27.4. The molecule has 0 aliphatic rings. The van der Waals surface area contributed by atoms with E-state index in [0.29, 0.717) is 59.2 Å². The van der Waals surface area contributed by atoms with Gasteiger partial charge in [0.05, 0.1) is 47.6 Å². The zero-order chi connectivity index (χ0) is 76.0. The first-order chi connectivity index (χ1) is 46.4. The van der Waals surface area contributed by atoms with Gasteiger partial charge in [-0.3, -0.25) is 4.79 Å². The smallest absolute Gasteiger partial charge is 0.338 e. The van der Waals surface area contributed by atoms with Crippen LogP contribution >= 0.6 is 22.6 Å². The van der Waals surface area contributed by atoms with Crippen molar-refractivity contribution in [3.8, 4) is 0 Å². The number of nitrogens with two attached hydrogens (primary N) is 1. The van der Waals surface area contributed by atoms with Gasteiger partial charge in [0.25, 0.3) is 0 Å². The molecule has 6 aromatic rings. The first-order valence-electron chi connectivity index (χ1n) is 32.6. The van der Waals surface area contributed by atoms with Crippen LogP contribution in [0.25, 0.3) is 6.08 Å². The first-order valence-corrected chi connectivity index (χ1v) is 33.6. The summed E-state index contributed by atoms with van der Waals surface area (Å²) in [5.41, 5.74) is 11.1. The first kappa shape index (κ1) is 92.4. The molecule has 21 heteroatoms. The van der Waals surface area contributed by atoms with E-state index in [0.717, 1.165) is 51.5 Å². The third kappa shape index (κ3) is 45.0. The molecular formula is C80H108INO19. The van der Waals surface area contributed by atoms with Crippen LogP contribution in [0.15, 0.2) is 152 Å². The van der Waals surface area contributed by atoms with Gasteiger partial charge in [-0.2, -0.15) is 0 Å². The summed E-state index contributed by atoms with van der Waals surface area (Å²) in [6.07, 6.45) is 6.90. The number of hydrogen-bond acceptors (Lipinski definition) is 19. The topological polar surface area (TPSA) is 308 Å². The van der Waals surface area contributed by atoms with Crippen LogP contribution in [0.1, 0.15) is 227 Å². The molecule has 554 valence electrons. The third-order valence-corrected chi connectivity index (χ3v) is 13.2. The number of methoxy groups -OCH3 is 2. The van der Waals surface area contributed by atoms with Crippen molar-refractivity contribution in [2.45, 2.75) is 197 Å². The maximum Gasteiger partial charge on any atom is 0.338 e. The number of carbonyl (C=O) groups is 8. The number of carbonyl (C=O) groups excluding carboxylic acids is 7. The minimum Gasteiger partial charge on any atom is -0.478 e. The van der Waals surface area contributed by atoms with E-state index in [2.05, 4.69) is 32.1 Å². The average molecular weight is 1510 g/mol. The zero-order valence-corrected chi connectivity index (χ0v) is 63.2. The molecule has 0 bridgehead atoms. The summed E-state index contributed by atoms with van der Waals surface area (Å²) < 4.78 is 36.4. The van der Waals surface area contributed by atoms with Gasteiger partial charge in [0, 0.05) is 29.1 Å². The fraction of sp³-hybridized carbons (Fsp3) is 0.425. The molecule has 6 rings (SSSR count). The lowest BCUT2D eigenvalue weighted by Gasteiger charge is -2.19. The van der Waals surface area contributed by atoms with Crippen LogP contribution < -0.4 is 5.73 Å². The van der Waals surface area contributed by atoms with Crippen LogP contribution in [0.3, 0.4) is 0 Å². The second kappa shape index (κ2) is 46.0. The Morgan fingerprint density at radius 2 is 0.713 bits per heavy atom. The quantitative estimate of drug-likeness (QED) is 0.0156. The van der Waals surface area contributed by atoms with Gasteiger partial charge >= 0.3 is 47.8 Å². The molecule has 101 heavy (non-hydrogen) atoms. The number of rotatable bonds is 20. The van der Waals surface area contributed by atoms with E-state index in [4.69, 9.17) is 49.8 Å². The second-order valence-corrected chi connectivity index (χ2v) is 28.6. The fourth-order valence-corrected chi connectivity index (χ4v) is 8.06. The summed E-state index contributed by atoms with van der Waals surface area (Å²) in [5.74, 6) is -3.17. The Bertz CT molecular complexity index is 3400. The lowest BCUT2D eigenvalue weighted by atomic mass is 10.1. The van der Waals surface area contributed by atoms with Gasteiger partial charge in [0.1, 0.15) is 28.0 Å². The summed E-state index contributed by atoms with van der Waals surface area (Å²) in [5, 5.41) is 34.7. The van der Waals surface area contributed by atoms with Crippen LogP contribution in [0.2, 0.25) is 0 Å². The molecule has 0 unspecified atom stereocenters. The molecule has 0 amide bonds. The molecule has 6 aromatic carbocycles. The Morgan fingerprint density at radius 3 is 0.980 bits per heavy atom. The van der Waals surface area contributed by atoms with E-state index in [1.54, 1.807) is 115 Å². The number of aromatic carboxylic acids is 1. The SMILES string of the molecule is C.CC(C)(C)OC(=O)c1ccc(CCC(O)O)cc1.CC(C)(C)OC(=O)c1ccc(CCCN)cc1.CC(C)(C)OC(=O)c1ccc(CCCO)cc1.COC(=O)/C=C/c1ccc(C(=O)OC(C)(C)C)cc1.COC(=O)CCc1ccc(C(=O)OC(C)(C)C)cc1.O=C(O)c1ccc(I)cc1. The highest BCUT2D eigenvalue weighted by Gasteiger charge is 2.22. The van der Waals surface area contributed by atoms with Gasteiger partial charge in [-0.05, 0) is 290 Å². The van der Waals surface area contributed by atoms with Crippen molar-refractivity contribution >= 4 is 76.4 Å². The van der Waals surface area contributed by atoms with Crippen LogP contribution in [0, 0.1) is 3.57 Å². The maximum atomic E-state index is 11.8. The van der Waals surface area contributed by atoms with Gasteiger partial charge in [-0.25, -0.2) is 33.6 Å². The molecule has 0 aliphatic heterocycles. The predicted octanol–water partition coefficient (Wildman–Crippen LogP) is 15.2. The third-order valence-electron chi connectivity index (χ3n) is 12.4. The van der Waals surface area contributed by atoms with Crippen LogP contribution in [0.5, 0.6) is 0 Å². The molecule has 0 heterocycles. The molecule has 0 saturated heterocycles. The number of benzene rings is 6. The maximum absolute atomic E-state index is 11.8. The zero-order valence-electron chi connectivity index (χ0n) is 61.0. The number of aliphatic hydroxyl groups is 3. The van der Waals surface area contributed by atoms with E-state index in [9.17, 15) is 38.4 Å². The molecule has 0 aliphatic carbocycles. The Kier molecular flexibility index (Phi) is 42.1. The molecule has 0 atom stereocenters. The highest BCUT2D eigenvalue weighted by atomic mass is 127. The Hall–Kier alpha value is -8.61. The largest absolute Gasteiger partial charge is 0.478 e. The fourth-order valence-electron chi connectivity index (χ4n) is 7.70. The summed E-state index contributed by atoms with van der Waals surface area (Å²) in [6.45, 7) is 28.4. The molecule has 20 nitrogen and oxygen atoms in total. The van der Waals surface area contributed by atoms with Crippen molar-refractivity contribution in [1.82, 2.24) is 0 Å². The standard InChI is InChI=1S/C15H20O4.C15H18O4.C14H21NO2.C14H20O4.C14H20O3.C7H5IO2.CH4/c2*1-15(2,3)19-14(17)12-8-5-11(6-9-12)7-10-13(16)18-4;1-14(2,3)17-13(16)12-8-6-11(7-9-12)5-4-10-15;1-14(2,3)18-13(17)11-7-4-10(5-8-11)6-9-12(15)16;1-14(2,3)17-13(16)12-8-6-11(7-9-12)5-4-10-15;8-6-3-1-5(2-4-6)7(9)10;/h5-6,8-9H,7,10H2,1-4H3;5-10H,1-4H3;6-9H,4-5,10,15H2,1-3H3;4-5,7-8,12,15-16H,6,9H2,1-3H3;6-9,15H,4-5,10H2,1-3H3;1-4H,(H,9,10);1H4/b;10-7+;;;;;. The van der Waals surface area contributed by atoms with Crippen LogP contribution in [-0.2, 0) is 68.4 Å². The van der Waals surface area contributed by atoms with Crippen LogP contribution in [0.4, 0.5) is 0 Å². The lowest BCUT2D eigenvalue weighted by molar-refractivity contribution is -0.140. The molecule has 0 radical (unpaired) electrons. The van der Waals surface area contributed by atoms with E-state index in [-0.39, 0.29) is 56.3 Å². The summed E-state index contributed by atoms with van der Waals surface area (Å²) in [7, 11) is 2.69. The minimum absolute atomic E-state index is 0. The molecule has 0 aromatic heterocycles. The van der Waals surface area contributed by atoms with E-state index >= 15 is 0 Å². The molecule has 0 fully saturated rings. The summed E-state index contributed by atoms with van der Waals surface area (Å²) in [4.78, 5) is 91.0. The van der Waals surface area contributed by atoms with Crippen molar-refractivity contribution in [1.29, 1.82) is 0 Å². The highest BCUT2D eigenvalue weighted by Crippen LogP contribution is 2.19. The van der Waals surface area contributed by atoms with Gasteiger partial charge in [-0.1, -0.05) is 68.1 Å². The Morgan fingerprint density at radius 1 is 0.426 bits per heavy atom. The van der Waals surface area contributed by atoms with Crippen molar-refractivity contribution < 1.29 is 91.9 Å². The van der Waals surface area contributed by atoms with Gasteiger partial charge in [0.15, 0.2) is 6.29 Å². The van der Waals surface area contributed by atoms with Gasteiger partial charge < -0.3 is 59.3 Å². The number of ether oxygens (including phenoxy) is 7. The van der Waals surface area contributed by atoms with Crippen LogP contribution in [-0.4, -0.2) is 130 Å². The van der Waals surface area contributed by atoms with Gasteiger partial charge in [0.2, 0.25) is 0 Å². The number of aryl methyl sites for hydroxylation is 4. The number of esters is 7. The number of aliphatic hydroxyl groups excluding tert-OH is 2. The molecular weight excluding hydrogens is 1410 g/mol. The van der Waals surface area contributed by atoms with E-state index in [1.807, 2.05) is 140 Å². The van der Waals surface area contributed by atoms with Crippen molar-refractivity contribution in [2.75, 3.05) is 27.4 Å². The average Bonchev–Trinajstić information content (AvgIpc) is 0.912. The number of carboxylic acids is 1. The van der Waals surface area contributed by atoms with Crippen molar-refractivity contribution in [3.63, 3.8) is 0 Å². The number of hydrogen-bond donors (Lipinski definition) is 5. The minimum atomic E-state index is -1.30. The van der Waals surface area contributed by atoms with Crippen molar-refractivity contribution in [2.24, 2.45) is 5.73 Å². The Balaban J connectivity index is 0.00000119. The monoisotopic (exact) mass is 1510 g/mol. The summed E-state index contributed by atoms with van der Waals surface area (Å²) in [6, 6.07) is 42.4. The predicted molar refractivity (Wildman–Crippen MR) is 402 cm³/mol. The van der Waals surface area contributed by atoms with Crippen molar-refractivity contribution in [3.05, 3.63) is 216 Å². The van der Waals surface area contributed by atoms with E-state index in [1.165, 1.54) is 25.9 Å². The highest BCUT2D eigenvalue weighted by molar-refractivity contribution is 14.1. The molecule has 0 saturated carbocycles. The van der Waals surface area contributed by atoms with Gasteiger partial charge in [-0.15, -0.1) is 0 Å².